The topological polar surface area (TPSA) is 62.4 Å². The van der Waals surface area contributed by atoms with E-state index < -0.39 is 0 Å². The molecule has 19 heavy (non-hydrogen) atoms. The Kier molecular flexibility index (Phi) is 5.63. The monoisotopic (exact) mass is 265 g/mol. The van der Waals surface area contributed by atoms with E-state index in [4.69, 9.17) is 4.74 Å². The number of carbonyl (C=O) groups is 1. The van der Waals surface area contributed by atoms with Crippen LogP contribution >= 0.6 is 0 Å². The third-order valence-corrected chi connectivity index (χ3v) is 3.27. The summed E-state index contributed by atoms with van der Waals surface area (Å²) in [5.41, 5.74) is 1.01. The highest BCUT2D eigenvalue weighted by Crippen LogP contribution is 2.22. The lowest BCUT2D eigenvalue weighted by molar-refractivity contribution is -0.116. The van der Waals surface area contributed by atoms with Gasteiger partial charge in [-0.3, -0.25) is 4.79 Å². The lowest BCUT2D eigenvalue weighted by Gasteiger charge is -2.36. The van der Waals surface area contributed by atoms with Crippen molar-refractivity contribution in [2.45, 2.75) is 24.9 Å². The lowest BCUT2D eigenvalue weighted by Crippen LogP contribution is -2.49. The smallest absolute Gasteiger partial charge is 0.250 e. The highest BCUT2D eigenvalue weighted by Gasteiger charge is 2.28. The van der Waals surface area contributed by atoms with E-state index in [2.05, 4.69) is 29.1 Å². The second-order valence-electron chi connectivity index (χ2n) is 4.59. The van der Waals surface area contributed by atoms with Crippen molar-refractivity contribution < 1.29 is 9.53 Å². The number of amides is 1. The average molecular weight is 265 g/mol. The molecule has 5 nitrogen and oxygen atoms in total. The SMILES string of the molecule is C=C(/C=C(/OC)C(=C)NC1CC(NC)C1)C(=O)NC. The van der Waals surface area contributed by atoms with Gasteiger partial charge in [-0.2, -0.15) is 0 Å². The molecule has 3 N–H and O–H groups in total. The Morgan fingerprint density at radius 3 is 2.37 bits per heavy atom. The van der Waals surface area contributed by atoms with Gasteiger partial charge in [0.1, 0.15) is 5.76 Å². The van der Waals surface area contributed by atoms with Crippen molar-refractivity contribution in [2.75, 3.05) is 21.2 Å². The van der Waals surface area contributed by atoms with E-state index in [0.717, 1.165) is 12.8 Å². The summed E-state index contributed by atoms with van der Waals surface area (Å²) in [5, 5.41) is 9.03. The molecule has 0 atom stereocenters. The van der Waals surface area contributed by atoms with Crippen LogP contribution in [0.3, 0.4) is 0 Å². The van der Waals surface area contributed by atoms with E-state index in [1.807, 2.05) is 7.05 Å². The molecule has 0 aromatic rings. The molecule has 0 aromatic heterocycles. The quantitative estimate of drug-likeness (QED) is 0.360. The van der Waals surface area contributed by atoms with E-state index >= 15 is 0 Å². The van der Waals surface area contributed by atoms with Crippen molar-refractivity contribution in [3.63, 3.8) is 0 Å². The van der Waals surface area contributed by atoms with Crippen LogP contribution in [0.15, 0.2) is 36.3 Å². The first-order valence-electron chi connectivity index (χ1n) is 6.31. The molecule has 0 heterocycles. The van der Waals surface area contributed by atoms with Crippen LogP contribution in [0.4, 0.5) is 0 Å². The van der Waals surface area contributed by atoms with Gasteiger partial charge >= 0.3 is 0 Å². The summed E-state index contributed by atoms with van der Waals surface area (Å²) in [5.74, 6) is 0.294. The predicted octanol–water partition coefficient (Wildman–Crippen LogP) is 0.673. The Hall–Kier alpha value is -1.75. The number of ether oxygens (including phenoxy) is 1. The van der Waals surface area contributed by atoms with Gasteiger partial charge in [0.05, 0.1) is 12.8 Å². The van der Waals surface area contributed by atoms with E-state index in [1.165, 1.54) is 0 Å². The Labute approximate surface area is 114 Å². The minimum Gasteiger partial charge on any atom is -0.495 e. The number of hydrogen-bond donors (Lipinski definition) is 3. The molecule has 106 valence electrons. The summed E-state index contributed by atoms with van der Waals surface area (Å²) >= 11 is 0. The van der Waals surface area contributed by atoms with Crippen LogP contribution in [0, 0.1) is 0 Å². The van der Waals surface area contributed by atoms with Gasteiger partial charge in [0.25, 0.3) is 5.91 Å². The normalized spacial score (nSPS) is 22.2. The third-order valence-electron chi connectivity index (χ3n) is 3.27. The number of rotatable bonds is 7. The molecule has 1 aliphatic carbocycles. The zero-order valence-corrected chi connectivity index (χ0v) is 11.9. The summed E-state index contributed by atoms with van der Waals surface area (Å²) in [6.45, 7) is 7.63. The highest BCUT2D eigenvalue weighted by atomic mass is 16.5. The fourth-order valence-corrected chi connectivity index (χ4v) is 1.94. The zero-order valence-electron chi connectivity index (χ0n) is 11.9. The first-order valence-corrected chi connectivity index (χ1v) is 6.31. The molecule has 1 rings (SSSR count). The molecule has 0 bridgehead atoms. The fourth-order valence-electron chi connectivity index (χ4n) is 1.94. The number of methoxy groups -OCH3 is 1. The van der Waals surface area contributed by atoms with Gasteiger partial charge < -0.3 is 20.7 Å². The van der Waals surface area contributed by atoms with E-state index in [-0.39, 0.29) is 5.91 Å². The van der Waals surface area contributed by atoms with Crippen molar-refractivity contribution in [1.82, 2.24) is 16.0 Å². The lowest BCUT2D eigenvalue weighted by atomic mass is 9.87. The van der Waals surface area contributed by atoms with Crippen molar-refractivity contribution in [3.8, 4) is 0 Å². The van der Waals surface area contributed by atoms with Gasteiger partial charge in [-0.05, 0) is 26.0 Å². The van der Waals surface area contributed by atoms with Crippen LogP contribution < -0.4 is 16.0 Å². The van der Waals surface area contributed by atoms with E-state index in [9.17, 15) is 4.79 Å². The number of carbonyl (C=O) groups excluding carboxylic acids is 1. The van der Waals surface area contributed by atoms with Crippen molar-refractivity contribution >= 4 is 5.91 Å². The fraction of sp³-hybridized carbons (Fsp3) is 0.500. The minimum atomic E-state index is -0.235. The van der Waals surface area contributed by atoms with Crippen LogP contribution in [0.2, 0.25) is 0 Å². The van der Waals surface area contributed by atoms with Gasteiger partial charge in [0.2, 0.25) is 0 Å². The summed E-state index contributed by atoms with van der Waals surface area (Å²) in [4.78, 5) is 11.4. The molecule has 0 spiro atoms. The Morgan fingerprint density at radius 1 is 1.26 bits per heavy atom. The standard InChI is InChI=1S/C14H23N3O2/c1-9(14(18)16-4)6-13(19-5)10(2)17-12-7-11(8-12)15-3/h6,11-12,15,17H,1-2,7-8H2,3-5H3,(H,16,18)/b13-6+. The molecule has 1 saturated carbocycles. The van der Waals surface area contributed by atoms with E-state index in [1.54, 1.807) is 20.2 Å². The summed E-state index contributed by atoms with van der Waals surface area (Å²) in [6, 6.07) is 0.970. The molecule has 0 unspecified atom stereocenters. The molecule has 0 saturated heterocycles. The molecule has 1 amide bonds. The maximum Gasteiger partial charge on any atom is 0.250 e. The van der Waals surface area contributed by atoms with Gasteiger partial charge in [-0.15, -0.1) is 0 Å². The number of hydrogen-bond acceptors (Lipinski definition) is 4. The zero-order chi connectivity index (χ0) is 14.4. The predicted molar refractivity (Wildman–Crippen MR) is 76.4 cm³/mol. The van der Waals surface area contributed by atoms with Crippen molar-refractivity contribution in [1.29, 1.82) is 0 Å². The molecule has 0 aromatic carbocycles. The maximum atomic E-state index is 11.4. The first kappa shape index (κ1) is 15.3. The molecular formula is C14H23N3O2. The second-order valence-corrected chi connectivity index (χ2v) is 4.59. The Morgan fingerprint density at radius 2 is 1.89 bits per heavy atom. The van der Waals surface area contributed by atoms with Crippen LogP contribution in [0.1, 0.15) is 12.8 Å². The van der Waals surface area contributed by atoms with Gasteiger partial charge in [-0.1, -0.05) is 13.2 Å². The minimum absolute atomic E-state index is 0.235. The van der Waals surface area contributed by atoms with Crippen LogP contribution in [0.25, 0.3) is 0 Å². The average Bonchev–Trinajstić information content (AvgIpc) is 2.37. The molecule has 5 heteroatoms. The summed E-state index contributed by atoms with van der Waals surface area (Å²) in [6.07, 6.45) is 3.70. The molecule has 1 aliphatic rings. The van der Waals surface area contributed by atoms with Gasteiger partial charge in [-0.25, -0.2) is 0 Å². The Bertz CT molecular complexity index is 395. The maximum absolute atomic E-state index is 11.4. The summed E-state index contributed by atoms with van der Waals surface area (Å²) in [7, 11) is 5.07. The third kappa shape index (κ3) is 4.13. The van der Waals surface area contributed by atoms with Crippen LogP contribution in [0.5, 0.6) is 0 Å². The molecule has 0 radical (unpaired) electrons. The number of nitrogens with one attached hydrogen (secondary N) is 3. The highest BCUT2D eigenvalue weighted by molar-refractivity contribution is 5.95. The van der Waals surface area contributed by atoms with Crippen molar-refractivity contribution in [2.24, 2.45) is 0 Å². The number of likely N-dealkylation sites (N-methyl/N-ethyl adjacent to an activating group) is 1. The van der Waals surface area contributed by atoms with Crippen LogP contribution in [-0.4, -0.2) is 39.2 Å². The van der Waals surface area contributed by atoms with Gasteiger partial charge in [0, 0.05) is 24.7 Å². The Balaban J connectivity index is 2.55. The van der Waals surface area contributed by atoms with Crippen molar-refractivity contribution in [3.05, 3.63) is 36.3 Å². The summed E-state index contributed by atoms with van der Waals surface area (Å²) < 4.78 is 5.24. The second kappa shape index (κ2) is 6.99. The molecule has 1 fully saturated rings. The van der Waals surface area contributed by atoms with Gasteiger partial charge in [0.15, 0.2) is 0 Å². The van der Waals surface area contributed by atoms with E-state index in [0.29, 0.717) is 29.1 Å². The largest absolute Gasteiger partial charge is 0.495 e. The molecule has 0 aliphatic heterocycles. The molecular weight excluding hydrogens is 242 g/mol. The first-order chi connectivity index (χ1) is 9.01. The van der Waals surface area contributed by atoms with Crippen LogP contribution in [-0.2, 0) is 9.53 Å².